The number of rotatable bonds is 5. The first kappa shape index (κ1) is 15.8. The van der Waals surface area contributed by atoms with E-state index in [-0.39, 0.29) is 0 Å². The average molecular weight is 318 g/mol. The van der Waals surface area contributed by atoms with Crippen molar-refractivity contribution >= 4 is 6.03 Å². The molecule has 0 saturated carbocycles. The summed E-state index contributed by atoms with van der Waals surface area (Å²) in [6.07, 6.45) is 0. The SMILES string of the molecule is NC(=O)NOC(c1ccccc1)(c1ccccc1)c1ccccc1. The molecule has 3 aromatic carbocycles. The van der Waals surface area contributed by atoms with Gasteiger partial charge >= 0.3 is 6.03 Å². The maximum Gasteiger partial charge on any atom is 0.336 e. The summed E-state index contributed by atoms with van der Waals surface area (Å²) in [6, 6.07) is 28.4. The van der Waals surface area contributed by atoms with Gasteiger partial charge in [-0.05, 0) is 16.7 Å². The van der Waals surface area contributed by atoms with Crippen molar-refractivity contribution in [2.75, 3.05) is 0 Å². The second-order valence-corrected chi connectivity index (χ2v) is 5.35. The first-order valence-electron chi connectivity index (χ1n) is 7.63. The van der Waals surface area contributed by atoms with Gasteiger partial charge in [0.1, 0.15) is 0 Å². The second kappa shape index (κ2) is 6.98. The molecular formula is C20H18N2O2. The van der Waals surface area contributed by atoms with Crippen molar-refractivity contribution in [3.8, 4) is 0 Å². The van der Waals surface area contributed by atoms with Crippen molar-refractivity contribution in [1.29, 1.82) is 0 Å². The summed E-state index contributed by atoms with van der Waals surface area (Å²) in [5.41, 5.74) is 9.23. The van der Waals surface area contributed by atoms with E-state index in [0.29, 0.717) is 0 Å². The standard InChI is InChI=1S/C20H18N2O2/c21-19(23)22-24-20(16-10-4-1-5-11-16,17-12-6-2-7-13-17)18-14-8-3-9-15-18/h1-15H,(H3,21,22,23). The van der Waals surface area contributed by atoms with E-state index in [2.05, 4.69) is 5.48 Å². The molecule has 0 aliphatic heterocycles. The van der Waals surface area contributed by atoms with Crippen molar-refractivity contribution in [3.63, 3.8) is 0 Å². The third-order valence-corrected chi connectivity index (χ3v) is 3.85. The summed E-state index contributed by atoms with van der Waals surface area (Å²) >= 11 is 0. The molecular weight excluding hydrogens is 300 g/mol. The molecule has 3 rings (SSSR count). The molecule has 4 heteroatoms. The minimum Gasteiger partial charge on any atom is -0.350 e. The number of hydrogen-bond acceptors (Lipinski definition) is 2. The Morgan fingerprint density at radius 3 is 1.33 bits per heavy atom. The zero-order valence-corrected chi connectivity index (χ0v) is 13.1. The van der Waals surface area contributed by atoms with E-state index in [1.165, 1.54) is 0 Å². The van der Waals surface area contributed by atoms with Crippen molar-refractivity contribution < 1.29 is 9.63 Å². The molecule has 0 saturated heterocycles. The second-order valence-electron chi connectivity index (χ2n) is 5.35. The van der Waals surface area contributed by atoms with E-state index >= 15 is 0 Å². The Balaban J connectivity index is 2.26. The van der Waals surface area contributed by atoms with Crippen LogP contribution >= 0.6 is 0 Å². The van der Waals surface area contributed by atoms with Gasteiger partial charge < -0.3 is 5.73 Å². The molecule has 4 nitrogen and oxygen atoms in total. The van der Waals surface area contributed by atoms with Crippen LogP contribution in [-0.2, 0) is 10.4 Å². The quantitative estimate of drug-likeness (QED) is 0.558. The Hall–Kier alpha value is -3.11. The van der Waals surface area contributed by atoms with E-state index in [4.69, 9.17) is 10.6 Å². The molecule has 0 aliphatic rings. The fraction of sp³-hybridized carbons (Fsp3) is 0.0500. The highest BCUT2D eigenvalue weighted by atomic mass is 16.7. The minimum atomic E-state index is -1.00. The number of nitrogens with one attached hydrogen (secondary N) is 1. The Bertz CT molecular complexity index is 693. The molecule has 0 heterocycles. The van der Waals surface area contributed by atoms with Crippen LogP contribution < -0.4 is 11.2 Å². The van der Waals surface area contributed by atoms with Crippen molar-refractivity contribution in [1.82, 2.24) is 5.48 Å². The number of primary amides is 1. The fourth-order valence-electron chi connectivity index (χ4n) is 2.82. The Morgan fingerprint density at radius 1 is 0.708 bits per heavy atom. The van der Waals surface area contributed by atoms with E-state index in [9.17, 15) is 4.79 Å². The van der Waals surface area contributed by atoms with Crippen LogP contribution in [0, 0.1) is 0 Å². The fourth-order valence-corrected chi connectivity index (χ4v) is 2.82. The lowest BCUT2D eigenvalue weighted by Crippen LogP contribution is -2.42. The summed E-state index contributed by atoms with van der Waals surface area (Å²) in [5, 5.41) is 0. The molecule has 0 aliphatic carbocycles. The summed E-state index contributed by atoms with van der Waals surface area (Å²) in [4.78, 5) is 17.3. The van der Waals surface area contributed by atoms with Crippen LogP contribution in [0.5, 0.6) is 0 Å². The monoisotopic (exact) mass is 318 g/mol. The summed E-state index contributed by atoms with van der Waals surface area (Å²) < 4.78 is 0. The van der Waals surface area contributed by atoms with Gasteiger partial charge in [0.25, 0.3) is 0 Å². The molecule has 2 amide bonds. The maximum absolute atomic E-state index is 11.3. The number of urea groups is 1. The molecule has 0 unspecified atom stereocenters. The third kappa shape index (κ3) is 3.00. The third-order valence-electron chi connectivity index (χ3n) is 3.85. The van der Waals surface area contributed by atoms with E-state index in [1.807, 2.05) is 91.0 Å². The predicted octanol–water partition coefficient (Wildman–Crippen LogP) is 3.58. The Kier molecular flexibility index (Phi) is 4.59. The molecule has 0 atom stereocenters. The largest absolute Gasteiger partial charge is 0.350 e. The topological polar surface area (TPSA) is 64.4 Å². The molecule has 24 heavy (non-hydrogen) atoms. The number of carbonyl (C=O) groups excluding carboxylic acids is 1. The van der Waals surface area contributed by atoms with Gasteiger partial charge in [0.15, 0.2) is 5.60 Å². The summed E-state index contributed by atoms with van der Waals surface area (Å²) in [7, 11) is 0. The lowest BCUT2D eigenvalue weighted by atomic mass is 9.80. The number of nitrogens with two attached hydrogens (primary N) is 1. The summed E-state index contributed by atoms with van der Waals surface area (Å²) in [6.45, 7) is 0. The predicted molar refractivity (Wildman–Crippen MR) is 93.0 cm³/mol. The number of carbonyl (C=O) groups is 1. The van der Waals surface area contributed by atoms with Crippen molar-refractivity contribution in [3.05, 3.63) is 108 Å². The van der Waals surface area contributed by atoms with Gasteiger partial charge in [0, 0.05) is 0 Å². The lowest BCUT2D eigenvalue weighted by Gasteiger charge is -2.34. The van der Waals surface area contributed by atoms with Gasteiger partial charge in [-0.1, -0.05) is 91.0 Å². The normalized spacial score (nSPS) is 11.0. The van der Waals surface area contributed by atoms with Crippen LogP contribution in [0.2, 0.25) is 0 Å². The molecule has 120 valence electrons. The average Bonchev–Trinajstić information content (AvgIpc) is 2.65. The maximum atomic E-state index is 11.3. The van der Waals surface area contributed by atoms with Crippen LogP contribution in [0.3, 0.4) is 0 Å². The van der Waals surface area contributed by atoms with E-state index < -0.39 is 11.6 Å². The highest BCUT2D eigenvalue weighted by Crippen LogP contribution is 2.39. The van der Waals surface area contributed by atoms with Gasteiger partial charge in [-0.3, -0.25) is 4.84 Å². The lowest BCUT2D eigenvalue weighted by molar-refractivity contribution is -0.0384. The van der Waals surface area contributed by atoms with Crippen molar-refractivity contribution in [2.24, 2.45) is 5.73 Å². The number of amides is 2. The van der Waals surface area contributed by atoms with Crippen LogP contribution in [-0.4, -0.2) is 6.03 Å². The number of hydroxylamine groups is 1. The highest BCUT2D eigenvalue weighted by molar-refractivity contribution is 5.70. The first-order chi connectivity index (χ1) is 11.7. The molecule has 3 N–H and O–H groups in total. The van der Waals surface area contributed by atoms with Crippen LogP contribution in [0.1, 0.15) is 16.7 Å². The number of hydrogen-bond donors (Lipinski definition) is 2. The van der Waals surface area contributed by atoms with E-state index in [1.54, 1.807) is 0 Å². The molecule has 0 fully saturated rings. The van der Waals surface area contributed by atoms with Gasteiger partial charge in [-0.25, -0.2) is 10.3 Å². The molecule has 0 radical (unpaired) electrons. The zero-order chi connectivity index (χ0) is 16.8. The first-order valence-corrected chi connectivity index (χ1v) is 7.63. The Morgan fingerprint density at radius 2 is 1.04 bits per heavy atom. The van der Waals surface area contributed by atoms with Crippen LogP contribution in [0.4, 0.5) is 4.79 Å². The van der Waals surface area contributed by atoms with E-state index in [0.717, 1.165) is 16.7 Å². The highest BCUT2D eigenvalue weighted by Gasteiger charge is 2.38. The molecule has 0 aromatic heterocycles. The molecule has 0 bridgehead atoms. The zero-order valence-electron chi connectivity index (χ0n) is 13.1. The molecule has 3 aromatic rings. The van der Waals surface area contributed by atoms with Gasteiger partial charge in [-0.2, -0.15) is 0 Å². The summed E-state index contributed by atoms with van der Waals surface area (Å²) in [5.74, 6) is 0. The molecule has 0 spiro atoms. The van der Waals surface area contributed by atoms with Gasteiger partial charge in [0.2, 0.25) is 0 Å². The number of benzene rings is 3. The van der Waals surface area contributed by atoms with Crippen LogP contribution in [0.15, 0.2) is 91.0 Å². The van der Waals surface area contributed by atoms with Gasteiger partial charge in [-0.15, -0.1) is 0 Å². The smallest absolute Gasteiger partial charge is 0.336 e. The van der Waals surface area contributed by atoms with Gasteiger partial charge in [0.05, 0.1) is 0 Å². The minimum absolute atomic E-state index is 0.748. The Labute approximate surface area is 140 Å². The van der Waals surface area contributed by atoms with Crippen molar-refractivity contribution in [2.45, 2.75) is 5.60 Å². The van der Waals surface area contributed by atoms with Crippen LogP contribution in [0.25, 0.3) is 0 Å².